The zero-order chi connectivity index (χ0) is 9.14. The maximum absolute atomic E-state index is 11.1. The van der Waals surface area contributed by atoms with Crippen LogP contribution in [0.3, 0.4) is 0 Å². The van der Waals surface area contributed by atoms with E-state index in [1.165, 1.54) is 6.42 Å². The Balaban J connectivity index is 2.11. The number of carbonyl (C=O) groups is 1. The Morgan fingerprint density at radius 3 is 2.58 bits per heavy atom. The van der Waals surface area contributed by atoms with Crippen molar-refractivity contribution in [2.24, 2.45) is 11.8 Å². The summed E-state index contributed by atoms with van der Waals surface area (Å²) < 4.78 is 0. The van der Waals surface area contributed by atoms with Gasteiger partial charge in [-0.3, -0.25) is 9.69 Å². The zero-order valence-corrected chi connectivity index (χ0v) is 8.34. The lowest BCUT2D eigenvalue weighted by atomic mass is 10.2. The second-order valence-electron chi connectivity index (χ2n) is 4.06. The molecule has 1 aliphatic carbocycles. The van der Waals surface area contributed by atoms with Gasteiger partial charge in [0.25, 0.3) is 0 Å². The van der Waals surface area contributed by atoms with Crippen LogP contribution in [0.5, 0.6) is 0 Å². The van der Waals surface area contributed by atoms with Crippen molar-refractivity contribution in [3.05, 3.63) is 0 Å². The molecular formula is C10H19NO. The number of carbonyl (C=O) groups excluding carboxylic acids is 1. The Morgan fingerprint density at radius 2 is 2.17 bits per heavy atom. The van der Waals surface area contributed by atoms with Crippen LogP contribution in [-0.2, 0) is 4.79 Å². The summed E-state index contributed by atoms with van der Waals surface area (Å²) in [7, 11) is 2.04. The summed E-state index contributed by atoms with van der Waals surface area (Å²) in [5.41, 5.74) is 0. The molecule has 70 valence electrons. The fraction of sp³-hybridized carbons (Fsp3) is 0.900. The average Bonchev–Trinajstić information content (AvgIpc) is 2.66. The van der Waals surface area contributed by atoms with E-state index in [1.54, 1.807) is 0 Å². The van der Waals surface area contributed by atoms with Gasteiger partial charge in [-0.1, -0.05) is 13.8 Å². The number of hydrogen-bond donors (Lipinski definition) is 0. The van der Waals surface area contributed by atoms with E-state index in [1.807, 2.05) is 14.0 Å². The fourth-order valence-corrected chi connectivity index (χ4v) is 1.53. The van der Waals surface area contributed by atoms with Crippen LogP contribution in [0.1, 0.15) is 26.7 Å². The van der Waals surface area contributed by atoms with Crippen LogP contribution >= 0.6 is 0 Å². The highest BCUT2D eigenvalue weighted by molar-refractivity contribution is 5.80. The molecule has 0 N–H and O–H groups in total. The molecule has 1 saturated carbocycles. The lowest BCUT2D eigenvalue weighted by Crippen LogP contribution is -2.27. The highest BCUT2D eigenvalue weighted by atomic mass is 16.1. The number of likely N-dealkylation sites (N-methyl/N-ethyl adjacent to an activating group) is 1. The lowest BCUT2D eigenvalue weighted by molar-refractivity contribution is -0.119. The Morgan fingerprint density at radius 1 is 1.58 bits per heavy atom. The van der Waals surface area contributed by atoms with Gasteiger partial charge in [0.05, 0.1) is 6.54 Å². The van der Waals surface area contributed by atoms with E-state index in [2.05, 4.69) is 11.8 Å². The van der Waals surface area contributed by atoms with Crippen molar-refractivity contribution in [2.75, 3.05) is 20.1 Å². The van der Waals surface area contributed by atoms with Crippen LogP contribution in [0.15, 0.2) is 0 Å². The first-order valence-corrected chi connectivity index (χ1v) is 4.83. The maximum Gasteiger partial charge on any atom is 0.146 e. The summed E-state index contributed by atoms with van der Waals surface area (Å²) in [6, 6.07) is 0. The van der Waals surface area contributed by atoms with E-state index in [-0.39, 0.29) is 0 Å². The summed E-state index contributed by atoms with van der Waals surface area (Å²) in [6.07, 6.45) is 2.02. The van der Waals surface area contributed by atoms with E-state index in [0.29, 0.717) is 18.7 Å². The highest BCUT2D eigenvalue weighted by Gasteiger charge is 2.33. The third-order valence-corrected chi connectivity index (χ3v) is 2.66. The van der Waals surface area contributed by atoms with Crippen LogP contribution in [0.2, 0.25) is 0 Å². The van der Waals surface area contributed by atoms with Gasteiger partial charge in [-0.05, 0) is 25.3 Å². The molecule has 0 aromatic heterocycles. The molecule has 2 unspecified atom stereocenters. The molecule has 0 saturated heterocycles. The molecule has 2 atom stereocenters. The minimum atomic E-state index is 0.353. The normalized spacial score (nSPS) is 27.7. The van der Waals surface area contributed by atoms with Gasteiger partial charge in [-0.25, -0.2) is 0 Å². The zero-order valence-electron chi connectivity index (χ0n) is 8.34. The molecule has 0 aromatic rings. The molecular weight excluding hydrogens is 150 g/mol. The number of Topliss-reactive ketones (excluding diaryl/α,β-unsaturated/α-hetero) is 1. The van der Waals surface area contributed by atoms with E-state index >= 15 is 0 Å². The number of ketones is 1. The largest absolute Gasteiger partial charge is 0.299 e. The molecule has 0 aromatic carbocycles. The molecule has 0 heterocycles. The first-order valence-electron chi connectivity index (χ1n) is 4.83. The van der Waals surface area contributed by atoms with Crippen molar-refractivity contribution < 1.29 is 4.79 Å². The third kappa shape index (κ3) is 2.94. The van der Waals surface area contributed by atoms with Crippen LogP contribution in [-0.4, -0.2) is 30.8 Å². The average molecular weight is 169 g/mol. The first-order chi connectivity index (χ1) is 5.63. The first kappa shape index (κ1) is 9.72. The van der Waals surface area contributed by atoms with Gasteiger partial charge >= 0.3 is 0 Å². The topological polar surface area (TPSA) is 20.3 Å². The Bertz CT molecular complexity index is 167. The van der Waals surface area contributed by atoms with Gasteiger partial charge in [0.15, 0.2) is 0 Å². The predicted molar refractivity (Wildman–Crippen MR) is 50.1 cm³/mol. The van der Waals surface area contributed by atoms with Gasteiger partial charge in [0, 0.05) is 13.0 Å². The van der Waals surface area contributed by atoms with E-state index in [4.69, 9.17) is 0 Å². The summed E-state index contributed by atoms with van der Waals surface area (Å²) in [5.74, 6) is 2.11. The minimum Gasteiger partial charge on any atom is -0.299 e. The van der Waals surface area contributed by atoms with Crippen molar-refractivity contribution in [1.82, 2.24) is 4.90 Å². The predicted octanol–water partition coefficient (Wildman–Crippen LogP) is 1.55. The third-order valence-electron chi connectivity index (χ3n) is 2.66. The summed E-state index contributed by atoms with van der Waals surface area (Å²) >= 11 is 0. The molecule has 1 fully saturated rings. The lowest BCUT2D eigenvalue weighted by Gasteiger charge is -2.14. The van der Waals surface area contributed by atoms with Crippen molar-refractivity contribution in [3.8, 4) is 0 Å². The van der Waals surface area contributed by atoms with Gasteiger partial charge < -0.3 is 0 Å². The molecule has 1 aliphatic rings. The summed E-state index contributed by atoms with van der Waals surface area (Å²) in [6.45, 7) is 5.95. The molecule has 0 bridgehead atoms. The SMILES string of the molecule is CCC(=O)CN(C)CC1CC1C. The van der Waals surface area contributed by atoms with Crippen molar-refractivity contribution in [1.29, 1.82) is 0 Å². The highest BCUT2D eigenvalue weighted by Crippen LogP contribution is 2.37. The van der Waals surface area contributed by atoms with Crippen LogP contribution in [0, 0.1) is 11.8 Å². The summed E-state index contributed by atoms with van der Waals surface area (Å²) in [5, 5.41) is 0. The molecule has 0 spiro atoms. The van der Waals surface area contributed by atoms with Gasteiger partial charge in [-0.2, -0.15) is 0 Å². The molecule has 2 heteroatoms. The van der Waals surface area contributed by atoms with Gasteiger partial charge in [0.2, 0.25) is 0 Å². The van der Waals surface area contributed by atoms with E-state index < -0.39 is 0 Å². The van der Waals surface area contributed by atoms with Crippen molar-refractivity contribution >= 4 is 5.78 Å². The van der Waals surface area contributed by atoms with Gasteiger partial charge in [0.1, 0.15) is 5.78 Å². The maximum atomic E-state index is 11.1. The second kappa shape index (κ2) is 4.04. The standard InChI is InChI=1S/C10H19NO/c1-4-10(12)7-11(3)6-9-5-8(9)2/h8-9H,4-7H2,1-3H3. The second-order valence-corrected chi connectivity index (χ2v) is 4.06. The van der Waals surface area contributed by atoms with Crippen LogP contribution in [0.25, 0.3) is 0 Å². The number of nitrogens with zero attached hydrogens (tertiary/aromatic N) is 1. The van der Waals surface area contributed by atoms with Crippen molar-refractivity contribution in [2.45, 2.75) is 26.7 Å². The van der Waals surface area contributed by atoms with Gasteiger partial charge in [-0.15, -0.1) is 0 Å². The quantitative estimate of drug-likeness (QED) is 0.622. The minimum absolute atomic E-state index is 0.353. The molecule has 0 amide bonds. The van der Waals surface area contributed by atoms with E-state index in [9.17, 15) is 4.79 Å². The fourth-order valence-electron chi connectivity index (χ4n) is 1.53. The number of hydrogen-bond acceptors (Lipinski definition) is 2. The smallest absolute Gasteiger partial charge is 0.146 e. The van der Waals surface area contributed by atoms with Crippen LogP contribution < -0.4 is 0 Å². The van der Waals surface area contributed by atoms with E-state index in [0.717, 1.165) is 18.4 Å². The van der Waals surface area contributed by atoms with Crippen LogP contribution in [0.4, 0.5) is 0 Å². The summed E-state index contributed by atoms with van der Waals surface area (Å²) in [4.78, 5) is 13.2. The molecule has 2 nitrogen and oxygen atoms in total. The molecule has 12 heavy (non-hydrogen) atoms. The van der Waals surface area contributed by atoms with Crippen molar-refractivity contribution in [3.63, 3.8) is 0 Å². The molecule has 1 rings (SSSR count). The Labute approximate surface area is 74.9 Å². The Kier molecular flexibility index (Phi) is 3.27. The molecule has 0 radical (unpaired) electrons. The Hall–Kier alpha value is -0.370. The molecule has 0 aliphatic heterocycles. The number of rotatable bonds is 5. The monoisotopic (exact) mass is 169 g/mol.